The first-order chi connectivity index (χ1) is 12.7. The molecule has 2 aromatic rings. The molecule has 9 heteroatoms. The van der Waals surface area contributed by atoms with Crippen molar-refractivity contribution in [3.05, 3.63) is 59.9 Å². The molecule has 144 valence electrons. The van der Waals surface area contributed by atoms with Crippen LogP contribution in [0.4, 0.5) is 10.1 Å². The fourth-order valence-corrected chi connectivity index (χ4v) is 3.11. The molecular weight excluding hydrogens is 375 g/mol. The van der Waals surface area contributed by atoms with Crippen LogP contribution in [0.25, 0.3) is 0 Å². The number of amides is 1. The number of halogens is 1. The molecule has 0 saturated carbocycles. The standard InChI is InChI=1S/C18H19FN2O5S/c1-12-7-9-14(10-8-12)21-18(23)13(2)26-17(22)11-20-27(24,25)16-6-4-3-5-15(16)19/h3-10,13,20H,11H2,1-2H3,(H,21,23)/t13-/m0/s1. The molecule has 1 amide bonds. The Labute approximate surface area is 156 Å². The molecule has 2 rings (SSSR count). The van der Waals surface area contributed by atoms with Crippen molar-refractivity contribution in [1.29, 1.82) is 0 Å². The predicted molar refractivity (Wildman–Crippen MR) is 97.0 cm³/mol. The highest BCUT2D eigenvalue weighted by molar-refractivity contribution is 7.89. The maximum absolute atomic E-state index is 13.6. The zero-order chi connectivity index (χ0) is 20.0. The molecule has 0 spiro atoms. The molecule has 2 N–H and O–H groups in total. The third-order valence-electron chi connectivity index (χ3n) is 3.53. The number of aryl methyl sites for hydroxylation is 1. The molecule has 2 aromatic carbocycles. The van der Waals surface area contributed by atoms with E-state index in [4.69, 9.17) is 4.74 Å². The largest absolute Gasteiger partial charge is 0.452 e. The second kappa shape index (κ2) is 8.74. The van der Waals surface area contributed by atoms with Crippen molar-refractivity contribution in [3.8, 4) is 0 Å². The third kappa shape index (κ3) is 5.87. The van der Waals surface area contributed by atoms with Gasteiger partial charge in [0.05, 0.1) is 0 Å². The lowest BCUT2D eigenvalue weighted by molar-refractivity contribution is -0.151. The van der Waals surface area contributed by atoms with Crippen molar-refractivity contribution < 1.29 is 27.1 Å². The molecular formula is C18H19FN2O5S. The summed E-state index contributed by atoms with van der Waals surface area (Å²) in [5.41, 5.74) is 1.56. The zero-order valence-electron chi connectivity index (χ0n) is 14.7. The summed E-state index contributed by atoms with van der Waals surface area (Å²) in [5, 5.41) is 2.58. The minimum atomic E-state index is -4.22. The van der Waals surface area contributed by atoms with Crippen LogP contribution in [0.5, 0.6) is 0 Å². The zero-order valence-corrected chi connectivity index (χ0v) is 15.5. The fourth-order valence-electron chi connectivity index (χ4n) is 2.07. The van der Waals surface area contributed by atoms with Crippen LogP contribution in [0, 0.1) is 12.7 Å². The average Bonchev–Trinajstić information content (AvgIpc) is 2.62. The summed E-state index contributed by atoms with van der Waals surface area (Å²) < 4.78 is 44.4. The molecule has 0 aliphatic rings. The van der Waals surface area contributed by atoms with E-state index in [1.807, 2.05) is 23.8 Å². The van der Waals surface area contributed by atoms with E-state index < -0.39 is 45.3 Å². The third-order valence-corrected chi connectivity index (χ3v) is 4.96. The lowest BCUT2D eigenvalue weighted by atomic mass is 10.2. The van der Waals surface area contributed by atoms with Gasteiger partial charge in [-0.15, -0.1) is 0 Å². The van der Waals surface area contributed by atoms with Gasteiger partial charge in [0.15, 0.2) is 6.10 Å². The number of hydrogen-bond donors (Lipinski definition) is 2. The van der Waals surface area contributed by atoms with Crippen LogP contribution in [0.2, 0.25) is 0 Å². The molecule has 0 aromatic heterocycles. The van der Waals surface area contributed by atoms with Gasteiger partial charge < -0.3 is 10.1 Å². The van der Waals surface area contributed by atoms with Crippen LogP contribution in [0.1, 0.15) is 12.5 Å². The van der Waals surface area contributed by atoms with Crippen molar-refractivity contribution in [3.63, 3.8) is 0 Å². The second-order valence-electron chi connectivity index (χ2n) is 5.74. The lowest BCUT2D eigenvalue weighted by Crippen LogP contribution is -2.36. The van der Waals surface area contributed by atoms with E-state index in [0.29, 0.717) is 5.69 Å². The summed E-state index contributed by atoms with van der Waals surface area (Å²) in [6.45, 7) is 2.52. The van der Waals surface area contributed by atoms with Gasteiger partial charge in [0.25, 0.3) is 5.91 Å². The number of benzene rings is 2. The summed E-state index contributed by atoms with van der Waals surface area (Å²) in [7, 11) is -4.22. The molecule has 0 heterocycles. The Balaban J connectivity index is 1.88. The predicted octanol–water partition coefficient (Wildman–Crippen LogP) is 1.98. The van der Waals surface area contributed by atoms with Gasteiger partial charge in [-0.25, -0.2) is 12.8 Å². The van der Waals surface area contributed by atoms with E-state index in [2.05, 4.69) is 5.32 Å². The van der Waals surface area contributed by atoms with Gasteiger partial charge in [0.2, 0.25) is 10.0 Å². The molecule has 0 fully saturated rings. The van der Waals surface area contributed by atoms with Gasteiger partial charge in [-0.05, 0) is 38.1 Å². The molecule has 7 nitrogen and oxygen atoms in total. The molecule has 1 atom stereocenters. The number of sulfonamides is 1. The van der Waals surface area contributed by atoms with Crippen molar-refractivity contribution >= 4 is 27.6 Å². The van der Waals surface area contributed by atoms with Crippen LogP contribution in [-0.2, 0) is 24.3 Å². The highest BCUT2D eigenvalue weighted by Gasteiger charge is 2.22. The smallest absolute Gasteiger partial charge is 0.321 e. The van der Waals surface area contributed by atoms with Crippen molar-refractivity contribution in [2.24, 2.45) is 0 Å². The van der Waals surface area contributed by atoms with Crippen LogP contribution in [0.15, 0.2) is 53.4 Å². The Bertz CT molecular complexity index is 929. The number of carbonyl (C=O) groups excluding carboxylic acids is 2. The monoisotopic (exact) mass is 394 g/mol. The highest BCUT2D eigenvalue weighted by atomic mass is 32.2. The number of hydrogen-bond acceptors (Lipinski definition) is 5. The Kier molecular flexibility index (Phi) is 6.65. The van der Waals surface area contributed by atoms with Gasteiger partial charge in [-0.2, -0.15) is 4.72 Å². The number of ether oxygens (including phenoxy) is 1. The van der Waals surface area contributed by atoms with E-state index in [1.54, 1.807) is 12.1 Å². The molecule has 0 aliphatic carbocycles. The number of anilines is 1. The molecule has 0 aliphatic heterocycles. The van der Waals surface area contributed by atoms with E-state index in [9.17, 15) is 22.4 Å². The Morgan fingerprint density at radius 3 is 2.37 bits per heavy atom. The van der Waals surface area contributed by atoms with Gasteiger partial charge in [-0.1, -0.05) is 29.8 Å². The Hall–Kier alpha value is -2.78. The van der Waals surface area contributed by atoms with Gasteiger partial charge in [0.1, 0.15) is 17.3 Å². The minimum Gasteiger partial charge on any atom is -0.452 e. The molecule has 0 saturated heterocycles. The lowest BCUT2D eigenvalue weighted by Gasteiger charge is -2.14. The van der Waals surface area contributed by atoms with Crippen LogP contribution >= 0.6 is 0 Å². The topological polar surface area (TPSA) is 102 Å². The number of esters is 1. The molecule has 0 bridgehead atoms. The highest BCUT2D eigenvalue weighted by Crippen LogP contribution is 2.13. The summed E-state index contributed by atoms with van der Waals surface area (Å²) in [6.07, 6.45) is -1.14. The number of nitrogens with one attached hydrogen (secondary N) is 2. The van der Waals surface area contributed by atoms with Crippen molar-refractivity contribution in [2.45, 2.75) is 24.8 Å². The quantitative estimate of drug-likeness (QED) is 0.700. The number of rotatable bonds is 7. The summed E-state index contributed by atoms with van der Waals surface area (Å²) in [4.78, 5) is 23.2. The molecule has 0 radical (unpaired) electrons. The van der Waals surface area contributed by atoms with Gasteiger partial charge >= 0.3 is 5.97 Å². The SMILES string of the molecule is Cc1ccc(NC(=O)[C@H](C)OC(=O)CNS(=O)(=O)c2ccccc2F)cc1. The maximum Gasteiger partial charge on any atom is 0.321 e. The fraction of sp³-hybridized carbons (Fsp3) is 0.222. The second-order valence-corrected chi connectivity index (χ2v) is 7.48. The minimum absolute atomic E-state index is 0.536. The first kappa shape index (κ1) is 20.5. The summed E-state index contributed by atoms with van der Waals surface area (Å²) in [6, 6.07) is 11.8. The average molecular weight is 394 g/mol. The summed E-state index contributed by atoms with van der Waals surface area (Å²) in [5.74, 6) is -2.48. The van der Waals surface area contributed by atoms with Crippen molar-refractivity contribution in [2.75, 3.05) is 11.9 Å². The van der Waals surface area contributed by atoms with Crippen LogP contribution in [0.3, 0.4) is 0 Å². The molecule has 27 heavy (non-hydrogen) atoms. The number of carbonyl (C=O) groups is 2. The van der Waals surface area contributed by atoms with Crippen LogP contribution < -0.4 is 10.0 Å². The summed E-state index contributed by atoms with van der Waals surface area (Å²) >= 11 is 0. The Morgan fingerprint density at radius 2 is 1.74 bits per heavy atom. The van der Waals surface area contributed by atoms with E-state index in [-0.39, 0.29) is 0 Å². The molecule has 0 unspecified atom stereocenters. The van der Waals surface area contributed by atoms with Gasteiger partial charge in [0, 0.05) is 5.69 Å². The first-order valence-corrected chi connectivity index (χ1v) is 9.48. The van der Waals surface area contributed by atoms with Crippen molar-refractivity contribution in [1.82, 2.24) is 4.72 Å². The first-order valence-electron chi connectivity index (χ1n) is 8.00. The Morgan fingerprint density at radius 1 is 1.11 bits per heavy atom. The van der Waals surface area contributed by atoms with Gasteiger partial charge in [-0.3, -0.25) is 9.59 Å². The van der Waals surface area contributed by atoms with E-state index in [0.717, 1.165) is 17.7 Å². The van der Waals surface area contributed by atoms with E-state index >= 15 is 0 Å². The van der Waals surface area contributed by atoms with Crippen LogP contribution in [-0.4, -0.2) is 32.9 Å². The normalized spacial score (nSPS) is 12.3. The van der Waals surface area contributed by atoms with E-state index in [1.165, 1.54) is 19.1 Å². The maximum atomic E-state index is 13.6.